The maximum atomic E-state index is 4.45. The second-order valence-electron chi connectivity index (χ2n) is 4.45. The van der Waals surface area contributed by atoms with Crippen molar-refractivity contribution in [2.24, 2.45) is 0 Å². The molecule has 1 heterocycles. The molecule has 0 aliphatic heterocycles. The van der Waals surface area contributed by atoms with E-state index < -0.39 is 0 Å². The molecule has 20 heavy (non-hydrogen) atoms. The molecule has 0 radical (unpaired) electrons. The molecule has 0 amide bonds. The van der Waals surface area contributed by atoms with Gasteiger partial charge in [-0.3, -0.25) is 0 Å². The van der Waals surface area contributed by atoms with Crippen LogP contribution in [0.15, 0.2) is 35.5 Å². The van der Waals surface area contributed by atoms with Crippen LogP contribution >= 0.6 is 11.8 Å². The van der Waals surface area contributed by atoms with Gasteiger partial charge in [-0.1, -0.05) is 37.2 Å². The van der Waals surface area contributed by atoms with Crippen molar-refractivity contribution in [1.82, 2.24) is 9.97 Å². The second-order valence-corrected chi connectivity index (χ2v) is 5.22. The van der Waals surface area contributed by atoms with E-state index in [1.807, 2.05) is 19.4 Å². The SMILES string of the molecule is CCCc1ccc(Nc2cc(NC)nc(SC)n2)cc1. The molecule has 0 saturated carbocycles. The Balaban J connectivity index is 2.16. The largest absolute Gasteiger partial charge is 0.373 e. The van der Waals surface area contributed by atoms with Crippen molar-refractivity contribution in [3.8, 4) is 0 Å². The summed E-state index contributed by atoms with van der Waals surface area (Å²) in [5.74, 6) is 1.62. The van der Waals surface area contributed by atoms with Crippen LogP contribution in [0, 0.1) is 0 Å². The van der Waals surface area contributed by atoms with Crippen molar-refractivity contribution in [1.29, 1.82) is 0 Å². The van der Waals surface area contributed by atoms with Gasteiger partial charge in [0.2, 0.25) is 0 Å². The van der Waals surface area contributed by atoms with Crippen molar-refractivity contribution in [3.05, 3.63) is 35.9 Å². The first-order valence-corrected chi connectivity index (χ1v) is 7.94. The fraction of sp³-hybridized carbons (Fsp3) is 0.333. The third-order valence-corrected chi connectivity index (χ3v) is 3.46. The lowest BCUT2D eigenvalue weighted by molar-refractivity contribution is 0.922. The maximum Gasteiger partial charge on any atom is 0.191 e. The summed E-state index contributed by atoms with van der Waals surface area (Å²) < 4.78 is 0. The van der Waals surface area contributed by atoms with E-state index in [2.05, 4.69) is 51.8 Å². The maximum absolute atomic E-state index is 4.45. The van der Waals surface area contributed by atoms with Crippen LogP contribution < -0.4 is 10.6 Å². The lowest BCUT2D eigenvalue weighted by Crippen LogP contribution is -2.00. The highest BCUT2D eigenvalue weighted by molar-refractivity contribution is 7.98. The molecule has 0 atom stereocenters. The van der Waals surface area contributed by atoms with Gasteiger partial charge in [0.1, 0.15) is 11.6 Å². The van der Waals surface area contributed by atoms with E-state index in [4.69, 9.17) is 0 Å². The molecule has 0 aliphatic rings. The first kappa shape index (κ1) is 14.7. The van der Waals surface area contributed by atoms with Gasteiger partial charge in [0.15, 0.2) is 5.16 Å². The first-order valence-electron chi connectivity index (χ1n) is 6.72. The molecule has 2 N–H and O–H groups in total. The Hall–Kier alpha value is -1.75. The highest BCUT2D eigenvalue weighted by Crippen LogP contribution is 2.21. The summed E-state index contributed by atoms with van der Waals surface area (Å²) in [5.41, 5.74) is 2.40. The zero-order chi connectivity index (χ0) is 14.4. The van der Waals surface area contributed by atoms with Crippen LogP contribution in [0.3, 0.4) is 0 Å². The summed E-state index contributed by atoms with van der Waals surface area (Å²) in [5, 5.41) is 7.12. The molecule has 2 rings (SSSR count). The standard InChI is InChI=1S/C15H20N4S/c1-4-5-11-6-8-12(9-7-11)17-14-10-13(16-2)18-15(19-14)20-3/h6-10H,4-5H2,1-3H3,(H2,16,17,18,19). The average molecular weight is 288 g/mol. The molecule has 0 spiro atoms. The van der Waals surface area contributed by atoms with Crippen LogP contribution in [0.2, 0.25) is 0 Å². The van der Waals surface area contributed by atoms with Crippen molar-refractivity contribution in [2.45, 2.75) is 24.9 Å². The van der Waals surface area contributed by atoms with E-state index in [1.54, 1.807) is 0 Å². The number of rotatable bonds is 6. The second kappa shape index (κ2) is 7.14. The minimum Gasteiger partial charge on any atom is -0.373 e. The van der Waals surface area contributed by atoms with Crippen molar-refractivity contribution in [3.63, 3.8) is 0 Å². The predicted molar refractivity (Wildman–Crippen MR) is 87.1 cm³/mol. The highest BCUT2D eigenvalue weighted by atomic mass is 32.2. The number of nitrogens with zero attached hydrogens (tertiary/aromatic N) is 2. The minimum absolute atomic E-state index is 0.752. The van der Waals surface area contributed by atoms with E-state index in [0.717, 1.165) is 28.9 Å². The zero-order valence-electron chi connectivity index (χ0n) is 12.1. The Bertz CT molecular complexity index is 532. The molecule has 2 aromatic rings. The Labute approximate surface area is 124 Å². The molecule has 0 unspecified atom stereocenters. The molecule has 0 bridgehead atoms. The lowest BCUT2D eigenvalue weighted by Gasteiger charge is -2.09. The van der Waals surface area contributed by atoms with Gasteiger partial charge in [0.05, 0.1) is 0 Å². The summed E-state index contributed by atoms with van der Waals surface area (Å²) in [6.45, 7) is 2.19. The number of hydrogen-bond donors (Lipinski definition) is 2. The Kier molecular flexibility index (Phi) is 5.24. The van der Waals surface area contributed by atoms with E-state index >= 15 is 0 Å². The lowest BCUT2D eigenvalue weighted by atomic mass is 10.1. The first-order chi connectivity index (χ1) is 9.75. The summed E-state index contributed by atoms with van der Waals surface area (Å²) in [6, 6.07) is 10.4. The molecule has 5 heteroatoms. The molecule has 1 aromatic carbocycles. The van der Waals surface area contributed by atoms with Gasteiger partial charge >= 0.3 is 0 Å². The number of thioether (sulfide) groups is 1. The monoisotopic (exact) mass is 288 g/mol. The third kappa shape index (κ3) is 3.87. The van der Waals surface area contributed by atoms with Gasteiger partial charge in [-0.05, 0) is 30.4 Å². The predicted octanol–water partition coefficient (Wildman–Crippen LogP) is 3.94. The highest BCUT2D eigenvalue weighted by Gasteiger charge is 2.03. The summed E-state index contributed by atoms with van der Waals surface area (Å²) in [4.78, 5) is 8.81. The molecular weight excluding hydrogens is 268 g/mol. The average Bonchev–Trinajstić information content (AvgIpc) is 2.49. The number of aromatic nitrogens is 2. The van der Waals surface area contributed by atoms with Gasteiger partial charge in [0.25, 0.3) is 0 Å². The minimum atomic E-state index is 0.752. The van der Waals surface area contributed by atoms with Gasteiger partial charge < -0.3 is 10.6 Å². The van der Waals surface area contributed by atoms with Crippen molar-refractivity contribution < 1.29 is 0 Å². The van der Waals surface area contributed by atoms with E-state index in [0.29, 0.717) is 0 Å². The topological polar surface area (TPSA) is 49.8 Å². The van der Waals surface area contributed by atoms with E-state index in [-0.39, 0.29) is 0 Å². The van der Waals surface area contributed by atoms with E-state index in [9.17, 15) is 0 Å². The number of aryl methyl sites for hydroxylation is 1. The molecule has 0 saturated heterocycles. The number of benzene rings is 1. The summed E-state index contributed by atoms with van der Waals surface area (Å²) in [6.07, 6.45) is 4.26. The molecule has 0 aliphatic carbocycles. The fourth-order valence-corrected chi connectivity index (χ4v) is 2.28. The normalized spacial score (nSPS) is 10.3. The molecule has 106 valence electrons. The van der Waals surface area contributed by atoms with Crippen LogP contribution in [0.5, 0.6) is 0 Å². The van der Waals surface area contributed by atoms with Crippen molar-refractivity contribution >= 4 is 29.1 Å². The van der Waals surface area contributed by atoms with Crippen LogP contribution in [0.4, 0.5) is 17.3 Å². The van der Waals surface area contributed by atoms with Gasteiger partial charge in [0, 0.05) is 18.8 Å². The summed E-state index contributed by atoms with van der Waals surface area (Å²) in [7, 11) is 1.86. The van der Waals surface area contributed by atoms with Crippen molar-refractivity contribution in [2.75, 3.05) is 23.9 Å². The van der Waals surface area contributed by atoms with Gasteiger partial charge in [-0.25, -0.2) is 9.97 Å². The Morgan fingerprint density at radius 3 is 2.40 bits per heavy atom. The van der Waals surface area contributed by atoms with Gasteiger partial charge in [-0.2, -0.15) is 0 Å². The van der Waals surface area contributed by atoms with Crippen LogP contribution in [-0.4, -0.2) is 23.3 Å². The quantitative estimate of drug-likeness (QED) is 0.623. The molecule has 1 aromatic heterocycles. The Morgan fingerprint density at radius 1 is 1.10 bits per heavy atom. The Morgan fingerprint density at radius 2 is 1.80 bits per heavy atom. The molecule has 4 nitrogen and oxygen atoms in total. The van der Waals surface area contributed by atoms with Crippen LogP contribution in [0.1, 0.15) is 18.9 Å². The zero-order valence-corrected chi connectivity index (χ0v) is 12.9. The van der Waals surface area contributed by atoms with Gasteiger partial charge in [-0.15, -0.1) is 0 Å². The number of hydrogen-bond acceptors (Lipinski definition) is 5. The van der Waals surface area contributed by atoms with E-state index in [1.165, 1.54) is 23.7 Å². The van der Waals surface area contributed by atoms with Crippen LogP contribution in [-0.2, 0) is 6.42 Å². The number of nitrogens with one attached hydrogen (secondary N) is 2. The smallest absolute Gasteiger partial charge is 0.191 e. The third-order valence-electron chi connectivity index (χ3n) is 2.91. The molecule has 0 fully saturated rings. The number of anilines is 3. The summed E-state index contributed by atoms with van der Waals surface area (Å²) >= 11 is 1.53. The van der Waals surface area contributed by atoms with Crippen LogP contribution in [0.25, 0.3) is 0 Å². The molecular formula is C15H20N4S. The fourth-order valence-electron chi connectivity index (χ4n) is 1.90.